The number of nitrogens with one attached hydrogen (secondary N) is 1. The van der Waals surface area contributed by atoms with Gasteiger partial charge in [0.05, 0.1) is 11.8 Å². The van der Waals surface area contributed by atoms with Crippen molar-refractivity contribution >= 4 is 41.0 Å². The van der Waals surface area contributed by atoms with E-state index in [0.29, 0.717) is 15.6 Å². The molecule has 1 amide bonds. The molecule has 0 aliphatic carbocycles. The molecule has 6 heteroatoms. The second kappa shape index (κ2) is 7.43. The van der Waals surface area contributed by atoms with Gasteiger partial charge in [0.25, 0.3) is 5.91 Å². The lowest BCUT2D eigenvalue weighted by atomic mass is 10.1. The highest BCUT2D eigenvalue weighted by Gasteiger charge is 2.32. The Bertz CT molecular complexity index is 1040. The van der Waals surface area contributed by atoms with Crippen molar-refractivity contribution in [2.24, 2.45) is 5.10 Å². The molecule has 4 nitrogen and oxygen atoms in total. The summed E-state index contributed by atoms with van der Waals surface area (Å²) in [5, 5.41) is 10.5. The fourth-order valence-electron chi connectivity index (χ4n) is 2.98. The Morgan fingerprint density at radius 1 is 0.926 bits per heavy atom. The van der Waals surface area contributed by atoms with E-state index < -0.39 is 6.17 Å². The number of amides is 1. The molecular formula is C21H15Cl2N3O. The van der Waals surface area contributed by atoms with Crippen LogP contribution in [0.15, 0.2) is 77.9 Å². The highest BCUT2D eigenvalue weighted by Crippen LogP contribution is 2.34. The van der Waals surface area contributed by atoms with E-state index in [4.69, 9.17) is 23.2 Å². The topological polar surface area (TPSA) is 44.7 Å². The molecule has 0 fully saturated rings. The highest BCUT2D eigenvalue weighted by atomic mass is 35.5. The minimum absolute atomic E-state index is 0.187. The Morgan fingerprint density at radius 2 is 1.67 bits per heavy atom. The number of fused-ring (bicyclic) bond motifs is 1. The summed E-state index contributed by atoms with van der Waals surface area (Å²) in [6.45, 7) is 0. The molecule has 0 saturated carbocycles. The zero-order chi connectivity index (χ0) is 18.8. The van der Waals surface area contributed by atoms with Crippen molar-refractivity contribution in [3.8, 4) is 0 Å². The highest BCUT2D eigenvalue weighted by molar-refractivity contribution is 6.31. The van der Waals surface area contributed by atoms with E-state index in [9.17, 15) is 4.79 Å². The number of carbonyl (C=O) groups excluding carboxylic acids is 1. The van der Waals surface area contributed by atoms with Gasteiger partial charge in [0.15, 0.2) is 6.17 Å². The third-order valence-electron chi connectivity index (χ3n) is 4.25. The Labute approximate surface area is 167 Å². The van der Waals surface area contributed by atoms with Crippen LogP contribution in [0.3, 0.4) is 0 Å². The zero-order valence-corrected chi connectivity index (χ0v) is 15.7. The van der Waals surface area contributed by atoms with Gasteiger partial charge < -0.3 is 5.32 Å². The van der Waals surface area contributed by atoms with Crippen LogP contribution in [0.1, 0.15) is 27.7 Å². The zero-order valence-electron chi connectivity index (χ0n) is 14.1. The number of rotatable bonds is 3. The monoisotopic (exact) mass is 395 g/mol. The summed E-state index contributed by atoms with van der Waals surface area (Å²) < 4.78 is 0. The van der Waals surface area contributed by atoms with Crippen molar-refractivity contribution in [1.29, 1.82) is 0 Å². The summed E-state index contributed by atoms with van der Waals surface area (Å²) in [4.78, 5) is 13.1. The molecule has 0 radical (unpaired) electrons. The molecule has 1 aliphatic rings. The average Bonchev–Trinajstić information content (AvgIpc) is 2.67. The lowest BCUT2D eigenvalue weighted by Crippen LogP contribution is -2.39. The summed E-state index contributed by atoms with van der Waals surface area (Å²) in [5.74, 6) is -0.187. The van der Waals surface area contributed by atoms with Gasteiger partial charge >= 0.3 is 0 Å². The molecule has 134 valence electrons. The van der Waals surface area contributed by atoms with Crippen molar-refractivity contribution in [3.05, 3.63) is 99.5 Å². The molecule has 1 N–H and O–H groups in total. The van der Waals surface area contributed by atoms with Crippen LogP contribution >= 0.6 is 23.2 Å². The maximum absolute atomic E-state index is 13.1. The maximum atomic E-state index is 13.1. The van der Waals surface area contributed by atoms with E-state index in [1.807, 2.05) is 48.5 Å². The maximum Gasteiger partial charge on any atom is 0.278 e. The van der Waals surface area contributed by atoms with E-state index >= 15 is 0 Å². The molecule has 1 heterocycles. The summed E-state index contributed by atoms with van der Waals surface area (Å²) >= 11 is 12.2. The van der Waals surface area contributed by atoms with Gasteiger partial charge in [0.1, 0.15) is 0 Å². The molecule has 0 spiro atoms. The predicted molar refractivity (Wildman–Crippen MR) is 109 cm³/mol. The first-order valence-corrected chi connectivity index (χ1v) is 9.11. The third-order valence-corrected chi connectivity index (χ3v) is 4.72. The first-order valence-electron chi connectivity index (χ1n) is 8.36. The van der Waals surface area contributed by atoms with Crippen LogP contribution in [0.5, 0.6) is 0 Å². The lowest BCUT2D eigenvalue weighted by molar-refractivity contribution is 0.0691. The molecule has 0 bridgehead atoms. The number of hydrazone groups is 1. The molecule has 1 atom stereocenters. The van der Waals surface area contributed by atoms with E-state index in [-0.39, 0.29) is 5.91 Å². The molecular weight excluding hydrogens is 381 g/mol. The van der Waals surface area contributed by atoms with Crippen LogP contribution in [0, 0.1) is 0 Å². The average molecular weight is 396 g/mol. The van der Waals surface area contributed by atoms with E-state index in [0.717, 1.165) is 16.8 Å². The van der Waals surface area contributed by atoms with Crippen molar-refractivity contribution in [2.75, 3.05) is 5.32 Å². The molecule has 3 aromatic carbocycles. The smallest absolute Gasteiger partial charge is 0.278 e. The van der Waals surface area contributed by atoms with Crippen LogP contribution in [-0.2, 0) is 0 Å². The first kappa shape index (κ1) is 17.6. The fraction of sp³-hybridized carbons (Fsp3) is 0.0476. The van der Waals surface area contributed by atoms with Crippen molar-refractivity contribution in [3.63, 3.8) is 0 Å². The van der Waals surface area contributed by atoms with Gasteiger partial charge in [-0.2, -0.15) is 5.10 Å². The minimum Gasteiger partial charge on any atom is -0.359 e. The van der Waals surface area contributed by atoms with E-state index in [1.54, 1.807) is 30.5 Å². The largest absolute Gasteiger partial charge is 0.359 e. The Balaban J connectivity index is 1.76. The van der Waals surface area contributed by atoms with Crippen LogP contribution in [0.2, 0.25) is 10.0 Å². The van der Waals surface area contributed by atoms with Gasteiger partial charge in [-0.05, 0) is 47.5 Å². The molecule has 0 saturated heterocycles. The van der Waals surface area contributed by atoms with Gasteiger partial charge in [-0.3, -0.25) is 4.79 Å². The molecule has 1 aliphatic heterocycles. The number of carbonyl (C=O) groups is 1. The number of nitrogens with zero attached hydrogens (tertiary/aromatic N) is 2. The van der Waals surface area contributed by atoms with Crippen LogP contribution in [0.25, 0.3) is 0 Å². The summed E-state index contributed by atoms with van der Waals surface area (Å²) in [5.41, 5.74) is 2.98. The van der Waals surface area contributed by atoms with Gasteiger partial charge in [0, 0.05) is 15.7 Å². The van der Waals surface area contributed by atoms with Crippen LogP contribution in [-0.4, -0.2) is 17.1 Å². The standard InChI is InChI=1S/C21H15Cl2N3O/c22-16-7-3-5-14(11-16)13-24-26-20(15-6-4-8-17(23)12-15)25-19-10-2-1-9-18(19)21(26)27/h1-13,20,25H. The first-order chi connectivity index (χ1) is 13.1. The van der Waals surface area contributed by atoms with Crippen LogP contribution in [0.4, 0.5) is 5.69 Å². The fourth-order valence-corrected chi connectivity index (χ4v) is 3.38. The second-order valence-corrected chi connectivity index (χ2v) is 6.97. The minimum atomic E-state index is -0.471. The number of hydrogen-bond donors (Lipinski definition) is 1. The SMILES string of the molecule is O=C1c2ccccc2NC(c2cccc(Cl)c2)N1N=Cc1cccc(Cl)c1. The third kappa shape index (κ3) is 3.68. The molecule has 4 rings (SSSR count). The quantitative estimate of drug-likeness (QED) is 0.587. The normalized spacial score (nSPS) is 16.3. The summed E-state index contributed by atoms with van der Waals surface area (Å²) in [6.07, 6.45) is 1.15. The Kier molecular flexibility index (Phi) is 4.84. The van der Waals surface area contributed by atoms with Crippen molar-refractivity contribution in [2.45, 2.75) is 6.17 Å². The number of anilines is 1. The van der Waals surface area contributed by atoms with E-state index in [1.165, 1.54) is 5.01 Å². The second-order valence-electron chi connectivity index (χ2n) is 6.10. The van der Waals surface area contributed by atoms with Crippen LogP contribution < -0.4 is 5.32 Å². The molecule has 27 heavy (non-hydrogen) atoms. The molecule has 3 aromatic rings. The Hall–Kier alpha value is -2.82. The summed E-state index contributed by atoms with van der Waals surface area (Å²) in [7, 11) is 0. The van der Waals surface area contributed by atoms with Gasteiger partial charge in [-0.25, -0.2) is 5.01 Å². The number of hydrogen-bond acceptors (Lipinski definition) is 3. The number of halogens is 2. The van der Waals surface area contributed by atoms with Gasteiger partial charge in [-0.15, -0.1) is 0 Å². The number of benzene rings is 3. The Morgan fingerprint density at radius 3 is 2.44 bits per heavy atom. The predicted octanol–water partition coefficient (Wildman–Crippen LogP) is 5.59. The number of para-hydroxylation sites is 1. The van der Waals surface area contributed by atoms with E-state index in [2.05, 4.69) is 10.4 Å². The van der Waals surface area contributed by atoms with Crippen molar-refractivity contribution in [1.82, 2.24) is 5.01 Å². The van der Waals surface area contributed by atoms with Gasteiger partial charge in [-0.1, -0.05) is 59.6 Å². The van der Waals surface area contributed by atoms with Crippen molar-refractivity contribution < 1.29 is 4.79 Å². The molecule has 0 aromatic heterocycles. The lowest BCUT2D eigenvalue weighted by Gasteiger charge is -2.34. The van der Waals surface area contributed by atoms with Gasteiger partial charge in [0.2, 0.25) is 0 Å². The summed E-state index contributed by atoms with van der Waals surface area (Å²) in [6, 6.07) is 22.0. The molecule has 1 unspecified atom stereocenters.